The molecule has 1 saturated carbocycles. The number of ether oxygens (including phenoxy) is 2. The fourth-order valence-corrected chi connectivity index (χ4v) is 5.75. The van der Waals surface area contributed by atoms with Crippen LogP contribution in [0.2, 0.25) is 0 Å². The summed E-state index contributed by atoms with van der Waals surface area (Å²) in [6, 6.07) is 17.0. The van der Waals surface area contributed by atoms with Crippen LogP contribution in [0.5, 0.6) is 11.5 Å². The van der Waals surface area contributed by atoms with Gasteiger partial charge in [0.2, 0.25) is 0 Å². The van der Waals surface area contributed by atoms with Gasteiger partial charge < -0.3 is 19.5 Å². The predicted molar refractivity (Wildman–Crippen MR) is 139 cm³/mol. The van der Waals surface area contributed by atoms with E-state index in [1.54, 1.807) is 0 Å². The molecule has 4 nitrogen and oxygen atoms in total. The Labute approximate surface area is 205 Å². The molecule has 0 unspecified atom stereocenters. The maximum Gasteiger partial charge on any atom is 0.161 e. The van der Waals surface area contributed by atoms with Gasteiger partial charge in [-0.05, 0) is 87.2 Å². The molecule has 3 aliphatic carbocycles. The van der Waals surface area contributed by atoms with Gasteiger partial charge in [-0.15, -0.1) is 0 Å². The molecular formula is C30H41NO3. The van der Waals surface area contributed by atoms with Gasteiger partial charge in [0.25, 0.3) is 0 Å². The van der Waals surface area contributed by atoms with E-state index in [0.29, 0.717) is 19.1 Å². The van der Waals surface area contributed by atoms with Crippen LogP contribution < -0.4 is 9.47 Å². The SMILES string of the molecule is CCOc1ccc(CCN(CC)CC[C@]2(O)C[C@H]3CC[C@@H]2C=C3c2ccccc2)cc1OCC. The van der Waals surface area contributed by atoms with Gasteiger partial charge in [-0.1, -0.05) is 49.4 Å². The number of likely N-dealkylation sites (N-methyl/N-ethyl adjacent to an activating group) is 1. The van der Waals surface area contributed by atoms with Gasteiger partial charge in [-0.2, -0.15) is 0 Å². The molecule has 34 heavy (non-hydrogen) atoms. The summed E-state index contributed by atoms with van der Waals surface area (Å²) in [4.78, 5) is 2.47. The quantitative estimate of drug-likeness (QED) is 0.420. The molecule has 0 aliphatic heterocycles. The van der Waals surface area contributed by atoms with E-state index in [9.17, 15) is 5.11 Å². The lowest BCUT2D eigenvalue weighted by molar-refractivity contribution is -0.0582. The van der Waals surface area contributed by atoms with Crippen LogP contribution in [0.4, 0.5) is 0 Å². The Balaban J connectivity index is 1.35. The number of hydrogen-bond donors (Lipinski definition) is 1. The summed E-state index contributed by atoms with van der Waals surface area (Å²) < 4.78 is 11.5. The van der Waals surface area contributed by atoms with Gasteiger partial charge in [0.15, 0.2) is 11.5 Å². The Bertz CT molecular complexity index is 957. The Morgan fingerprint density at radius 1 is 0.941 bits per heavy atom. The highest BCUT2D eigenvalue weighted by Crippen LogP contribution is 2.51. The lowest BCUT2D eigenvalue weighted by Crippen LogP contribution is -2.48. The van der Waals surface area contributed by atoms with E-state index < -0.39 is 5.60 Å². The first-order valence-corrected chi connectivity index (χ1v) is 13.2. The van der Waals surface area contributed by atoms with E-state index in [2.05, 4.69) is 60.4 Å². The van der Waals surface area contributed by atoms with Crippen molar-refractivity contribution in [3.8, 4) is 11.5 Å². The molecule has 2 bridgehead atoms. The van der Waals surface area contributed by atoms with Crippen LogP contribution in [0.15, 0.2) is 54.6 Å². The highest BCUT2D eigenvalue weighted by molar-refractivity contribution is 5.69. The summed E-state index contributed by atoms with van der Waals surface area (Å²) in [6.45, 7) is 10.4. The van der Waals surface area contributed by atoms with Crippen molar-refractivity contribution in [1.82, 2.24) is 4.90 Å². The first kappa shape index (κ1) is 24.8. The number of fused-ring (bicyclic) bond motifs is 2. The van der Waals surface area contributed by atoms with E-state index in [4.69, 9.17) is 9.47 Å². The van der Waals surface area contributed by atoms with Crippen molar-refractivity contribution in [2.75, 3.05) is 32.8 Å². The first-order valence-electron chi connectivity index (χ1n) is 13.2. The zero-order chi connectivity index (χ0) is 24.0. The van der Waals surface area contributed by atoms with E-state index >= 15 is 0 Å². The standard InChI is InChI=1S/C30H41NO3/c1-4-31(18-16-23-12-15-28(33-5-2)29(20-23)34-6-3)19-17-30(32)22-25-13-14-26(30)21-27(25)24-10-8-7-9-11-24/h7-12,15,20-21,25-26,32H,4-6,13-14,16-19,22H2,1-3H3/t25-,26-,30+/m1/s1. The van der Waals surface area contributed by atoms with Crippen LogP contribution in [0.25, 0.3) is 5.57 Å². The third-order valence-electron chi connectivity index (χ3n) is 7.68. The third-order valence-corrected chi connectivity index (χ3v) is 7.68. The molecular weight excluding hydrogens is 422 g/mol. The second kappa shape index (κ2) is 11.4. The number of hydrogen-bond acceptors (Lipinski definition) is 4. The fourth-order valence-electron chi connectivity index (χ4n) is 5.75. The molecule has 3 aliphatic rings. The highest BCUT2D eigenvalue weighted by atomic mass is 16.5. The van der Waals surface area contributed by atoms with Gasteiger partial charge in [0.05, 0.1) is 18.8 Å². The molecule has 4 heteroatoms. The van der Waals surface area contributed by atoms with Gasteiger partial charge in [0.1, 0.15) is 0 Å². The zero-order valence-corrected chi connectivity index (χ0v) is 21.1. The van der Waals surface area contributed by atoms with Crippen LogP contribution >= 0.6 is 0 Å². The van der Waals surface area contributed by atoms with Crippen molar-refractivity contribution < 1.29 is 14.6 Å². The van der Waals surface area contributed by atoms with Crippen LogP contribution in [-0.4, -0.2) is 48.5 Å². The molecule has 184 valence electrons. The summed E-state index contributed by atoms with van der Waals surface area (Å²) in [5, 5.41) is 11.6. The fraction of sp³-hybridized carbons (Fsp3) is 0.533. The van der Waals surface area contributed by atoms with Gasteiger partial charge >= 0.3 is 0 Å². The second-order valence-corrected chi connectivity index (χ2v) is 9.76. The lowest BCUT2D eigenvalue weighted by atomic mass is 9.61. The van der Waals surface area contributed by atoms with Gasteiger partial charge in [-0.3, -0.25) is 0 Å². The maximum atomic E-state index is 11.6. The van der Waals surface area contributed by atoms with E-state index in [1.165, 1.54) is 23.1 Å². The van der Waals surface area contributed by atoms with E-state index in [-0.39, 0.29) is 5.92 Å². The molecule has 0 saturated heterocycles. The average Bonchev–Trinajstić information content (AvgIpc) is 2.86. The normalized spacial score (nSPS) is 23.7. The summed E-state index contributed by atoms with van der Waals surface area (Å²) in [7, 11) is 0. The molecule has 0 heterocycles. The van der Waals surface area contributed by atoms with Crippen LogP contribution in [0.1, 0.15) is 57.6 Å². The Kier molecular flexibility index (Phi) is 8.33. The van der Waals surface area contributed by atoms with Crippen molar-refractivity contribution in [3.63, 3.8) is 0 Å². The molecule has 2 aromatic rings. The smallest absolute Gasteiger partial charge is 0.161 e. The second-order valence-electron chi connectivity index (χ2n) is 9.76. The third kappa shape index (κ3) is 5.67. The highest BCUT2D eigenvalue weighted by Gasteiger charge is 2.46. The predicted octanol–water partition coefficient (Wildman–Crippen LogP) is 5.98. The van der Waals surface area contributed by atoms with E-state index in [0.717, 1.165) is 56.8 Å². The number of nitrogens with zero attached hydrogens (tertiary/aromatic N) is 1. The number of aliphatic hydroxyl groups is 1. The number of rotatable bonds is 12. The Hall–Kier alpha value is -2.30. The van der Waals surface area contributed by atoms with Crippen molar-refractivity contribution in [1.29, 1.82) is 0 Å². The first-order chi connectivity index (χ1) is 16.6. The van der Waals surface area contributed by atoms with Gasteiger partial charge in [0, 0.05) is 19.0 Å². The van der Waals surface area contributed by atoms with Crippen molar-refractivity contribution in [2.24, 2.45) is 11.8 Å². The number of allylic oxidation sites excluding steroid dienone is 1. The topological polar surface area (TPSA) is 41.9 Å². The summed E-state index contributed by atoms with van der Waals surface area (Å²) >= 11 is 0. The minimum absolute atomic E-state index is 0.270. The largest absolute Gasteiger partial charge is 0.490 e. The molecule has 1 fully saturated rings. The molecule has 3 atom stereocenters. The Morgan fingerprint density at radius 3 is 2.38 bits per heavy atom. The molecule has 2 aromatic carbocycles. The minimum Gasteiger partial charge on any atom is -0.490 e. The zero-order valence-electron chi connectivity index (χ0n) is 21.1. The summed E-state index contributed by atoms with van der Waals surface area (Å²) in [6.07, 6.45) is 7.39. The minimum atomic E-state index is -0.574. The monoisotopic (exact) mass is 463 g/mol. The van der Waals surface area contributed by atoms with Gasteiger partial charge in [-0.25, -0.2) is 0 Å². The van der Waals surface area contributed by atoms with E-state index in [1.807, 2.05) is 19.9 Å². The molecule has 5 rings (SSSR count). The lowest BCUT2D eigenvalue weighted by Gasteiger charge is -2.48. The average molecular weight is 464 g/mol. The van der Waals surface area contributed by atoms with Crippen molar-refractivity contribution in [3.05, 3.63) is 65.7 Å². The molecule has 1 N–H and O–H groups in total. The van der Waals surface area contributed by atoms with Crippen LogP contribution in [0.3, 0.4) is 0 Å². The summed E-state index contributed by atoms with van der Waals surface area (Å²) in [5.41, 5.74) is 3.47. The Morgan fingerprint density at radius 2 is 1.71 bits per heavy atom. The number of benzene rings is 2. The van der Waals surface area contributed by atoms with Crippen molar-refractivity contribution in [2.45, 2.75) is 58.5 Å². The molecule has 0 spiro atoms. The van der Waals surface area contributed by atoms with Crippen molar-refractivity contribution >= 4 is 5.57 Å². The molecule has 0 amide bonds. The van der Waals surface area contributed by atoms with Crippen LogP contribution in [0, 0.1) is 11.8 Å². The molecule has 0 radical (unpaired) electrons. The maximum absolute atomic E-state index is 11.6. The van der Waals surface area contributed by atoms with Crippen LogP contribution in [-0.2, 0) is 6.42 Å². The molecule has 0 aromatic heterocycles. The summed E-state index contributed by atoms with van der Waals surface area (Å²) in [5.74, 6) is 2.40.